The zero-order valence-electron chi connectivity index (χ0n) is 14.2. The van der Waals surface area contributed by atoms with Crippen molar-refractivity contribution >= 4 is 5.91 Å². The summed E-state index contributed by atoms with van der Waals surface area (Å²) < 4.78 is 11.3. The van der Waals surface area contributed by atoms with E-state index in [2.05, 4.69) is 15.2 Å². The molecule has 3 heterocycles. The molecule has 0 spiro atoms. The number of amides is 1. The number of aromatic nitrogens is 1. The smallest absolute Gasteiger partial charge is 0.226 e. The molecule has 0 bridgehead atoms. The van der Waals surface area contributed by atoms with Crippen LogP contribution in [0, 0.1) is 0 Å². The first-order valence-electron chi connectivity index (χ1n) is 8.90. The van der Waals surface area contributed by atoms with E-state index in [-0.39, 0.29) is 18.4 Å². The zero-order chi connectivity index (χ0) is 17.1. The van der Waals surface area contributed by atoms with Gasteiger partial charge in [0.2, 0.25) is 11.8 Å². The fourth-order valence-electron chi connectivity index (χ4n) is 3.57. The highest BCUT2D eigenvalue weighted by Crippen LogP contribution is 2.22. The number of carbonyl (C=O) groups is 1. The fraction of sp³-hybridized carbons (Fsp3) is 0.474. The van der Waals surface area contributed by atoms with Gasteiger partial charge in [0.1, 0.15) is 6.26 Å². The number of hydrogen-bond donors (Lipinski definition) is 1. The topological polar surface area (TPSA) is 67.6 Å². The van der Waals surface area contributed by atoms with E-state index in [0.29, 0.717) is 24.2 Å². The average molecular weight is 341 g/mol. The van der Waals surface area contributed by atoms with Crippen molar-refractivity contribution in [1.29, 1.82) is 0 Å². The van der Waals surface area contributed by atoms with Gasteiger partial charge in [-0.15, -0.1) is 0 Å². The summed E-state index contributed by atoms with van der Waals surface area (Å²) in [5.74, 6) is 0.485. The van der Waals surface area contributed by atoms with E-state index < -0.39 is 0 Å². The molecule has 0 radical (unpaired) electrons. The van der Waals surface area contributed by atoms with Crippen molar-refractivity contribution in [3.05, 3.63) is 42.3 Å². The van der Waals surface area contributed by atoms with Crippen LogP contribution < -0.4 is 5.32 Å². The van der Waals surface area contributed by atoms with Crippen molar-refractivity contribution in [3.63, 3.8) is 0 Å². The lowest BCUT2D eigenvalue weighted by Gasteiger charge is -2.35. The molecule has 0 saturated carbocycles. The Balaban J connectivity index is 1.26. The Morgan fingerprint density at radius 1 is 1.32 bits per heavy atom. The number of oxazole rings is 1. The molecule has 2 aliphatic heterocycles. The number of nitrogens with one attached hydrogen (secondary N) is 1. The summed E-state index contributed by atoms with van der Waals surface area (Å²) in [6, 6.07) is 10.3. The summed E-state index contributed by atoms with van der Waals surface area (Å²) in [7, 11) is 0. The first-order chi connectivity index (χ1) is 12.3. The maximum absolute atomic E-state index is 12.2. The van der Waals surface area contributed by atoms with Gasteiger partial charge in [-0.2, -0.15) is 0 Å². The molecule has 2 fully saturated rings. The second-order valence-electron chi connectivity index (χ2n) is 6.74. The lowest BCUT2D eigenvalue weighted by molar-refractivity contribution is -0.122. The van der Waals surface area contributed by atoms with Crippen LogP contribution in [0.3, 0.4) is 0 Å². The van der Waals surface area contributed by atoms with Crippen LogP contribution in [0.2, 0.25) is 0 Å². The molecule has 2 aromatic rings. The third kappa shape index (κ3) is 3.91. The number of carbonyl (C=O) groups excluding carboxylic acids is 1. The van der Waals surface area contributed by atoms with Crippen LogP contribution in [0.25, 0.3) is 11.5 Å². The monoisotopic (exact) mass is 341 g/mol. The number of hydrogen-bond acceptors (Lipinski definition) is 5. The second-order valence-corrected chi connectivity index (χ2v) is 6.74. The molecule has 2 unspecified atom stereocenters. The van der Waals surface area contributed by atoms with Gasteiger partial charge in [-0.3, -0.25) is 9.69 Å². The summed E-state index contributed by atoms with van der Waals surface area (Å²) in [4.78, 5) is 19.0. The highest BCUT2D eigenvalue weighted by atomic mass is 16.5. The van der Waals surface area contributed by atoms with Gasteiger partial charge >= 0.3 is 0 Å². The molecule has 0 aliphatic carbocycles. The molecule has 1 aromatic carbocycles. The quantitative estimate of drug-likeness (QED) is 0.899. The molecule has 1 N–H and O–H groups in total. The third-order valence-electron chi connectivity index (χ3n) is 4.90. The van der Waals surface area contributed by atoms with E-state index in [9.17, 15) is 4.79 Å². The molecule has 132 valence electrons. The molecule has 1 aromatic heterocycles. The lowest BCUT2D eigenvalue weighted by Crippen LogP contribution is -2.50. The molecule has 2 aliphatic rings. The van der Waals surface area contributed by atoms with Crippen molar-refractivity contribution in [2.24, 2.45) is 0 Å². The Labute approximate surface area is 147 Å². The summed E-state index contributed by atoms with van der Waals surface area (Å²) >= 11 is 0. The van der Waals surface area contributed by atoms with E-state index in [1.165, 1.54) is 12.8 Å². The lowest BCUT2D eigenvalue weighted by atomic mass is 10.2. The average Bonchev–Trinajstić information content (AvgIpc) is 3.29. The van der Waals surface area contributed by atoms with Gasteiger partial charge in [-0.1, -0.05) is 18.2 Å². The minimum absolute atomic E-state index is 0.0555. The number of nitrogens with zero attached hydrogens (tertiary/aromatic N) is 2. The maximum atomic E-state index is 12.2. The highest BCUT2D eigenvalue weighted by Gasteiger charge is 2.32. The highest BCUT2D eigenvalue weighted by molar-refractivity contribution is 5.78. The van der Waals surface area contributed by atoms with Crippen LogP contribution in [0.4, 0.5) is 0 Å². The maximum Gasteiger partial charge on any atom is 0.226 e. The van der Waals surface area contributed by atoms with Gasteiger partial charge in [0.05, 0.1) is 24.8 Å². The minimum Gasteiger partial charge on any atom is -0.444 e. The molecule has 6 heteroatoms. The number of ether oxygens (including phenoxy) is 1. The predicted octanol–water partition coefficient (Wildman–Crippen LogP) is 1.86. The molecule has 25 heavy (non-hydrogen) atoms. The van der Waals surface area contributed by atoms with Crippen molar-refractivity contribution in [1.82, 2.24) is 15.2 Å². The van der Waals surface area contributed by atoms with Crippen molar-refractivity contribution < 1.29 is 13.9 Å². The molecule has 2 atom stereocenters. The van der Waals surface area contributed by atoms with E-state index in [1.807, 2.05) is 30.3 Å². The normalized spacial score (nSPS) is 23.4. The molecule has 2 saturated heterocycles. The predicted molar refractivity (Wildman–Crippen MR) is 93.0 cm³/mol. The fourth-order valence-corrected chi connectivity index (χ4v) is 3.57. The Morgan fingerprint density at radius 2 is 2.20 bits per heavy atom. The Morgan fingerprint density at radius 3 is 3.08 bits per heavy atom. The van der Waals surface area contributed by atoms with Gasteiger partial charge < -0.3 is 14.5 Å². The molecule has 1 amide bonds. The van der Waals surface area contributed by atoms with Crippen molar-refractivity contribution in [3.8, 4) is 11.5 Å². The van der Waals surface area contributed by atoms with E-state index in [1.54, 1.807) is 6.26 Å². The van der Waals surface area contributed by atoms with Gasteiger partial charge in [0.25, 0.3) is 0 Å². The van der Waals surface area contributed by atoms with Gasteiger partial charge in [0.15, 0.2) is 0 Å². The van der Waals surface area contributed by atoms with Crippen LogP contribution in [0.5, 0.6) is 0 Å². The van der Waals surface area contributed by atoms with Gasteiger partial charge in [0, 0.05) is 24.7 Å². The zero-order valence-corrected chi connectivity index (χ0v) is 14.2. The van der Waals surface area contributed by atoms with Crippen molar-refractivity contribution in [2.75, 3.05) is 26.2 Å². The third-order valence-corrected chi connectivity index (χ3v) is 4.90. The largest absolute Gasteiger partial charge is 0.444 e. The Hall–Kier alpha value is -2.18. The molecular formula is C19H23N3O3. The summed E-state index contributed by atoms with van der Waals surface area (Å²) in [6.45, 7) is 3.39. The molecule has 4 rings (SSSR count). The van der Waals surface area contributed by atoms with Crippen molar-refractivity contribution in [2.45, 2.75) is 31.4 Å². The van der Waals surface area contributed by atoms with Crippen LogP contribution in [-0.2, 0) is 16.0 Å². The molecule has 6 nitrogen and oxygen atoms in total. The Kier molecular flexibility index (Phi) is 4.81. The van der Waals surface area contributed by atoms with Crippen LogP contribution in [0.1, 0.15) is 18.5 Å². The van der Waals surface area contributed by atoms with Gasteiger partial charge in [-0.05, 0) is 31.5 Å². The van der Waals surface area contributed by atoms with E-state index in [0.717, 1.165) is 25.3 Å². The first kappa shape index (κ1) is 16.3. The van der Waals surface area contributed by atoms with Crippen LogP contribution >= 0.6 is 0 Å². The number of rotatable bonds is 5. The minimum atomic E-state index is -0.0555. The SMILES string of the molecule is O=C(Cc1coc(-c2ccccc2)n1)NCC1CN2CCCC2CO1. The summed E-state index contributed by atoms with van der Waals surface area (Å²) in [5, 5.41) is 2.96. The standard InChI is InChI=1S/C19H23N3O3/c23-18(20-10-17-11-22-8-4-7-16(22)13-24-17)9-15-12-25-19(21-15)14-5-2-1-3-6-14/h1-3,5-6,12,16-17H,4,7-11,13H2,(H,20,23). The number of morpholine rings is 1. The second kappa shape index (κ2) is 7.37. The Bertz CT molecular complexity index is 716. The van der Waals surface area contributed by atoms with E-state index in [4.69, 9.17) is 9.15 Å². The first-order valence-corrected chi connectivity index (χ1v) is 8.90. The summed E-state index contributed by atoms with van der Waals surface area (Å²) in [6.07, 6.45) is 4.33. The number of benzene rings is 1. The van der Waals surface area contributed by atoms with Gasteiger partial charge in [-0.25, -0.2) is 4.98 Å². The molecular weight excluding hydrogens is 318 g/mol. The number of fused-ring (bicyclic) bond motifs is 1. The van der Waals surface area contributed by atoms with Crippen LogP contribution in [0.15, 0.2) is 41.0 Å². The van der Waals surface area contributed by atoms with Crippen LogP contribution in [-0.4, -0.2) is 54.2 Å². The summed E-state index contributed by atoms with van der Waals surface area (Å²) in [5.41, 5.74) is 1.55. The van der Waals surface area contributed by atoms with E-state index >= 15 is 0 Å².